The average molecular weight is 291 g/mol. The van der Waals surface area contributed by atoms with Gasteiger partial charge in [-0.15, -0.1) is 11.3 Å². The molecule has 1 aromatic carbocycles. The molecule has 0 radical (unpaired) electrons. The summed E-state index contributed by atoms with van der Waals surface area (Å²) in [7, 11) is 0. The van der Waals surface area contributed by atoms with E-state index in [0.717, 1.165) is 11.1 Å². The summed E-state index contributed by atoms with van der Waals surface area (Å²) in [5, 5.41) is 13.9. The molecule has 96 valence electrons. The summed E-state index contributed by atoms with van der Waals surface area (Å²) in [6.45, 7) is 2.29. The van der Waals surface area contributed by atoms with Crippen LogP contribution in [0, 0.1) is 18.3 Å². The number of nitriles is 1. The van der Waals surface area contributed by atoms with Crippen molar-refractivity contribution in [3.63, 3.8) is 0 Å². The summed E-state index contributed by atoms with van der Waals surface area (Å²) >= 11 is 7.38. The lowest BCUT2D eigenvalue weighted by atomic mass is 10.1. The van der Waals surface area contributed by atoms with Gasteiger partial charge in [-0.05, 0) is 35.6 Å². The van der Waals surface area contributed by atoms with E-state index < -0.39 is 0 Å². The van der Waals surface area contributed by atoms with Crippen molar-refractivity contribution in [2.45, 2.75) is 13.5 Å². The van der Waals surface area contributed by atoms with Crippen molar-refractivity contribution in [1.29, 1.82) is 5.26 Å². The number of amides is 1. The summed E-state index contributed by atoms with van der Waals surface area (Å²) in [6, 6.07) is 9.14. The molecule has 0 fully saturated rings. The van der Waals surface area contributed by atoms with Crippen molar-refractivity contribution in [3.05, 3.63) is 56.2 Å². The second-order valence-corrected chi connectivity index (χ2v) is 5.31. The Kier molecular flexibility index (Phi) is 4.20. The SMILES string of the molecule is Cc1csc(C(=O)NCc2ccc(C#N)cc2)c1Cl. The van der Waals surface area contributed by atoms with Gasteiger partial charge in [-0.2, -0.15) is 5.26 Å². The van der Waals surface area contributed by atoms with E-state index in [4.69, 9.17) is 16.9 Å². The molecule has 19 heavy (non-hydrogen) atoms. The van der Waals surface area contributed by atoms with Crippen LogP contribution in [-0.4, -0.2) is 5.91 Å². The number of benzene rings is 1. The van der Waals surface area contributed by atoms with Crippen LogP contribution in [0.15, 0.2) is 29.6 Å². The third-order valence-electron chi connectivity index (χ3n) is 2.64. The van der Waals surface area contributed by atoms with Gasteiger partial charge in [0.1, 0.15) is 4.88 Å². The fourth-order valence-electron chi connectivity index (χ4n) is 1.54. The highest BCUT2D eigenvalue weighted by atomic mass is 35.5. The zero-order valence-corrected chi connectivity index (χ0v) is 11.8. The highest BCUT2D eigenvalue weighted by Crippen LogP contribution is 2.26. The maximum Gasteiger partial charge on any atom is 0.263 e. The fraction of sp³-hybridized carbons (Fsp3) is 0.143. The normalized spacial score (nSPS) is 9.95. The second-order valence-electron chi connectivity index (χ2n) is 4.05. The van der Waals surface area contributed by atoms with E-state index in [1.165, 1.54) is 11.3 Å². The minimum absolute atomic E-state index is 0.174. The number of carbonyl (C=O) groups excluding carboxylic acids is 1. The van der Waals surface area contributed by atoms with Gasteiger partial charge in [0.05, 0.1) is 16.7 Å². The predicted molar refractivity (Wildman–Crippen MR) is 76.4 cm³/mol. The maximum atomic E-state index is 11.9. The summed E-state index contributed by atoms with van der Waals surface area (Å²) in [4.78, 5) is 12.5. The second kappa shape index (κ2) is 5.87. The first kappa shape index (κ1) is 13.6. The predicted octanol–water partition coefficient (Wildman–Crippen LogP) is 3.51. The van der Waals surface area contributed by atoms with Gasteiger partial charge in [0, 0.05) is 6.54 Å². The Labute approximate surface area is 120 Å². The van der Waals surface area contributed by atoms with E-state index in [-0.39, 0.29) is 5.91 Å². The molecule has 0 aliphatic heterocycles. The van der Waals surface area contributed by atoms with Crippen molar-refractivity contribution in [2.24, 2.45) is 0 Å². The van der Waals surface area contributed by atoms with E-state index in [9.17, 15) is 4.79 Å². The Bertz CT molecular complexity index is 640. The molecule has 1 N–H and O–H groups in total. The van der Waals surface area contributed by atoms with Crippen LogP contribution >= 0.6 is 22.9 Å². The minimum atomic E-state index is -0.174. The average Bonchev–Trinajstić information content (AvgIpc) is 2.77. The van der Waals surface area contributed by atoms with Gasteiger partial charge in [-0.3, -0.25) is 4.79 Å². The Morgan fingerprint density at radius 1 is 1.42 bits per heavy atom. The first-order valence-electron chi connectivity index (χ1n) is 5.62. The number of nitrogens with one attached hydrogen (secondary N) is 1. The molecule has 1 heterocycles. The van der Waals surface area contributed by atoms with Crippen LogP contribution in [0.5, 0.6) is 0 Å². The van der Waals surface area contributed by atoms with Crippen LogP contribution in [-0.2, 0) is 6.54 Å². The molecule has 0 saturated carbocycles. The quantitative estimate of drug-likeness (QED) is 0.940. The third kappa shape index (κ3) is 3.14. The lowest BCUT2D eigenvalue weighted by molar-refractivity contribution is 0.0955. The van der Waals surface area contributed by atoms with Gasteiger partial charge in [-0.1, -0.05) is 23.7 Å². The molecular weight excluding hydrogens is 280 g/mol. The number of rotatable bonds is 3. The number of hydrogen-bond donors (Lipinski definition) is 1. The van der Waals surface area contributed by atoms with Crippen molar-refractivity contribution in [1.82, 2.24) is 5.32 Å². The van der Waals surface area contributed by atoms with Gasteiger partial charge in [0.25, 0.3) is 5.91 Å². The maximum absolute atomic E-state index is 11.9. The number of thiophene rings is 1. The Balaban J connectivity index is 2.00. The Morgan fingerprint density at radius 2 is 2.11 bits per heavy atom. The first-order chi connectivity index (χ1) is 9.11. The van der Waals surface area contributed by atoms with Crippen molar-refractivity contribution in [3.8, 4) is 6.07 Å². The van der Waals surface area contributed by atoms with Gasteiger partial charge in [-0.25, -0.2) is 0 Å². The third-order valence-corrected chi connectivity index (χ3v) is 4.34. The lowest BCUT2D eigenvalue weighted by Gasteiger charge is -2.04. The Hall–Kier alpha value is -1.83. The number of halogens is 1. The standard InChI is InChI=1S/C14H11ClN2OS/c1-9-8-19-13(12(9)15)14(18)17-7-11-4-2-10(6-16)3-5-11/h2-5,8H,7H2,1H3,(H,17,18). The largest absolute Gasteiger partial charge is 0.347 e. The summed E-state index contributed by atoms with van der Waals surface area (Å²) in [5.74, 6) is -0.174. The van der Waals surface area contributed by atoms with Crippen LogP contribution < -0.4 is 5.32 Å². The summed E-state index contributed by atoms with van der Waals surface area (Å²) in [6.07, 6.45) is 0. The number of carbonyl (C=O) groups is 1. The van der Waals surface area contributed by atoms with Crippen LogP contribution in [0.1, 0.15) is 26.4 Å². The molecule has 3 nitrogen and oxygen atoms in total. The highest BCUT2D eigenvalue weighted by Gasteiger charge is 2.13. The molecule has 0 atom stereocenters. The molecule has 0 spiro atoms. The van der Waals surface area contributed by atoms with E-state index in [2.05, 4.69) is 11.4 Å². The van der Waals surface area contributed by atoms with E-state index >= 15 is 0 Å². The molecule has 2 rings (SSSR count). The van der Waals surface area contributed by atoms with Crippen LogP contribution in [0.4, 0.5) is 0 Å². The number of hydrogen-bond acceptors (Lipinski definition) is 3. The molecule has 1 aromatic heterocycles. The van der Waals surface area contributed by atoms with Crippen LogP contribution in [0.2, 0.25) is 5.02 Å². The highest BCUT2D eigenvalue weighted by molar-refractivity contribution is 7.13. The van der Waals surface area contributed by atoms with Gasteiger partial charge >= 0.3 is 0 Å². The molecule has 0 aliphatic carbocycles. The summed E-state index contributed by atoms with van der Waals surface area (Å²) < 4.78 is 0. The smallest absolute Gasteiger partial charge is 0.263 e. The minimum Gasteiger partial charge on any atom is -0.347 e. The molecule has 0 aliphatic rings. The van der Waals surface area contributed by atoms with Crippen LogP contribution in [0.25, 0.3) is 0 Å². The van der Waals surface area contributed by atoms with Crippen molar-refractivity contribution < 1.29 is 4.79 Å². The molecule has 5 heteroatoms. The Morgan fingerprint density at radius 3 is 2.63 bits per heavy atom. The molecule has 2 aromatic rings. The topological polar surface area (TPSA) is 52.9 Å². The molecule has 1 amide bonds. The van der Waals surface area contributed by atoms with Gasteiger partial charge in [0.15, 0.2) is 0 Å². The van der Waals surface area contributed by atoms with E-state index in [1.54, 1.807) is 12.1 Å². The van der Waals surface area contributed by atoms with Gasteiger partial charge < -0.3 is 5.32 Å². The van der Waals surface area contributed by atoms with E-state index in [1.807, 2.05) is 24.4 Å². The zero-order chi connectivity index (χ0) is 13.8. The first-order valence-corrected chi connectivity index (χ1v) is 6.88. The molecular formula is C14H11ClN2OS. The van der Waals surface area contributed by atoms with Gasteiger partial charge in [0.2, 0.25) is 0 Å². The summed E-state index contributed by atoms with van der Waals surface area (Å²) in [5.41, 5.74) is 2.46. The zero-order valence-electron chi connectivity index (χ0n) is 10.2. The van der Waals surface area contributed by atoms with Crippen molar-refractivity contribution >= 4 is 28.8 Å². The molecule has 0 unspecified atom stereocenters. The lowest BCUT2D eigenvalue weighted by Crippen LogP contribution is -2.22. The molecule has 0 saturated heterocycles. The molecule has 0 bridgehead atoms. The van der Waals surface area contributed by atoms with Crippen LogP contribution in [0.3, 0.4) is 0 Å². The van der Waals surface area contributed by atoms with Crippen molar-refractivity contribution in [2.75, 3.05) is 0 Å². The fourth-order valence-corrected chi connectivity index (χ4v) is 2.74. The number of nitrogens with zero attached hydrogens (tertiary/aromatic N) is 1. The number of aryl methyl sites for hydroxylation is 1. The monoisotopic (exact) mass is 290 g/mol. The van der Waals surface area contributed by atoms with E-state index in [0.29, 0.717) is 22.0 Å².